The van der Waals surface area contributed by atoms with Gasteiger partial charge in [0.15, 0.2) is 5.69 Å². The molecule has 0 atom stereocenters. The SMILES string of the molecule is CC(C)c1nn(C)c2c(C(=O)O)n(C)nc12. The van der Waals surface area contributed by atoms with E-state index in [4.69, 9.17) is 5.11 Å². The predicted molar refractivity (Wildman–Crippen MR) is 58.5 cm³/mol. The zero-order valence-corrected chi connectivity index (χ0v) is 9.72. The van der Waals surface area contributed by atoms with Gasteiger partial charge >= 0.3 is 5.97 Å². The highest BCUT2D eigenvalue weighted by Gasteiger charge is 2.23. The van der Waals surface area contributed by atoms with Gasteiger partial charge in [-0.1, -0.05) is 13.8 Å². The normalized spacial score (nSPS) is 11.6. The van der Waals surface area contributed by atoms with Crippen molar-refractivity contribution < 1.29 is 9.90 Å². The van der Waals surface area contributed by atoms with Crippen molar-refractivity contribution in [1.29, 1.82) is 0 Å². The minimum Gasteiger partial charge on any atom is -0.476 e. The number of fused-ring (bicyclic) bond motifs is 1. The molecule has 2 aromatic heterocycles. The summed E-state index contributed by atoms with van der Waals surface area (Å²) >= 11 is 0. The Bertz CT molecular complexity index is 565. The fourth-order valence-corrected chi connectivity index (χ4v) is 1.88. The summed E-state index contributed by atoms with van der Waals surface area (Å²) in [6.07, 6.45) is 0. The second-order valence-corrected chi connectivity index (χ2v) is 4.14. The Morgan fingerprint density at radius 1 is 1.25 bits per heavy atom. The number of hydrogen-bond donors (Lipinski definition) is 1. The van der Waals surface area contributed by atoms with Crippen molar-refractivity contribution in [1.82, 2.24) is 19.6 Å². The van der Waals surface area contributed by atoms with E-state index in [2.05, 4.69) is 10.2 Å². The van der Waals surface area contributed by atoms with Gasteiger partial charge in [0.05, 0.1) is 5.69 Å². The van der Waals surface area contributed by atoms with E-state index in [1.54, 1.807) is 18.8 Å². The Labute approximate surface area is 92.5 Å². The summed E-state index contributed by atoms with van der Waals surface area (Å²) in [7, 11) is 3.37. The lowest BCUT2D eigenvalue weighted by Crippen LogP contribution is -2.08. The van der Waals surface area contributed by atoms with Gasteiger partial charge in [0.1, 0.15) is 11.0 Å². The van der Waals surface area contributed by atoms with Crippen molar-refractivity contribution in [2.75, 3.05) is 0 Å². The Balaban J connectivity index is 2.85. The van der Waals surface area contributed by atoms with Crippen LogP contribution in [0.15, 0.2) is 0 Å². The molecule has 1 N–H and O–H groups in total. The summed E-state index contributed by atoms with van der Waals surface area (Å²) in [5, 5.41) is 17.7. The lowest BCUT2D eigenvalue weighted by molar-refractivity contribution is 0.0686. The third-order valence-electron chi connectivity index (χ3n) is 2.60. The van der Waals surface area contributed by atoms with E-state index in [-0.39, 0.29) is 11.6 Å². The van der Waals surface area contributed by atoms with Gasteiger partial charge in [-0.25, -0.2) is 4.79 Å². The van der Waals surface area contributed by atoms with Crippen LogP contribution in [0.4, 0.5) is 0 Å². The maximum Gasteiger partial charge on any atom is 0.356 e. The molecule has 0 saturated carbocycles. The van der Waals surface area contributed by atoms with Crippen molar-refractivity contribution in [3.63, 3.8) is 0 Å². The molecule has 0 unspecified atom stereocenters. The summed E-state index contributed by atoms with van der Waals surface area (Å²) in [6.45, 7) is 4.02. The van der Waals surface area contributed by atoms with Crippen LogP contribution in [0.2, 0.25) is 0 Å². The summed E-state index contributed by atoms with van der Waals surface area (Å²) in [4.78, 5) is 11.1. The summed E-state index contributed by atoms with van der Waals surface area (Å²) in [5.41, 5.74) is 2.27. The molecule has 2 aromatic rings. The molecule has 0 radical (unpaired) electrons. The number of carboxylic acid groups (broad SMARTS) is 1. The number of aromatic nitrogens is 4. The fraction of sp³-hybridized carbons (Fsp3) is 0.500. The van der Waals surface area contributed by atoms with E-state index in [1.807, 2.05) is 13.8 Å². The van der Waals surface area contributed by atoms with Crippen LogP contribution < -0.4 is 0 Å². The van der Waals surface area contributed by atoms with Crippen molar-refractivity contribution in [2.45, 2.75) is 19.8 Å². The first-order valence-corrected chi connectivity index (χ1v) is 5.06. The van der Waals surface area contributed by atoms with Gasteiger partial charge in [-0.3, -0.25) is 9.36 Å². The molecule has 16 heavy (non-hydrogen) atoms. The summed E-state index contributed by atoms with van der Waals surface area (Å²) in [6, 6.07) is 0. The average molecular weight is 222 g/mol. The highest BCUT2D eigenvalue weighted by Crippen LogP contribution is 2.25. The summed E-state index contributed by atoms with van der Waals surface area (Å²) < 4.78 is 2.97. The summed E-state index contributed by atoms with van der Waals surface area (Å²) in [5.74, 6) is -0.761. The van der Waals surface area contributed by atoms with Crippen molar-refractivity contribution in [3.05, 3.63) is 11.4 Å². The third-order valence-corrected chi connectivity index (χ3v) is 2.60. The lowest BCUT2D eigenvalue weighted by Gasteiger charge is -1.99. The number of aryl methyl sites for hydroxylation is 2. The van der Waals surface area contributed by atoms with Gasteiger partial charge in [0, 0.05) is 14.1 Å². The number of nitrogens with zero attached hydrogens (tertiary/aromatic N) is 4. The Morgan fingerprint density at radius 2 is 1.88 bits per heavy atom. The van der Waals surface area contributed by atoms with Gasteiger partial charge in [-0.2, -0.15) is 10.2 Å². The molecule has 0 aliphatic heterocycles. The van der Waals surface area contributed by atoms with E-state index < -0.39 is 5.97 Å². The first kappa shape index (κ1) is 10.7. The van der Waals surface area contributed by atoms with E-state index in [1.165, 1.54) is 4.68 Å². The van der Waals surface area contributed by atoms with Crippen LogP contribution in [0.25, 0.3) is 11.0 Å². The lowest BCUT2D eigenvalue weighted by atomic mass is 10.1. The predicted octanol–water partition coefficient (Wildman–Crippen LogP) is 1.13. The topological polar surface area (TPSA) is 72.9 Å². The second-order valence-electron chi connectivity index (χ2n) is 4.14. The molecule has 2 rings (SSSR count). The largest absolute Gasteiger partial charge is 0.476 e. The monoisotopic (exact) mass is 222 g/mol. The molecule has 0 fully saturated rings. The van der Waals surface area contributed by atoms with Crippen LogP contribution in [0.3, 0.4) is 0 Å². The first-order chi connectivity index (χ1) is 7.43. The molecule has 86 valence electrons. The molecule has 6 heteroatoms. The van der Waals surface area contributed by atoms with Crippen LogP contribution in [-0.4, -0.2) is 30.6 Å². The quantitative estimate of drug-likeness (QED) is 0.826. The highest BCUT2D eigenvalue weighted by atomic mass is 16.4. The van der Waals surface area contributed by atoms with Gasteiger partial charge in [0.2, 0.25) is 0 Å². The Hall–Kier alpha value is -1.85. The molecule has 0 aliphatic rings. The standard InChI is InChI=1S/C10H14N4O2/c1-5(2)6-7-8(13(3)11-6)9(10(15)16)14(4)12-7/h5H,1-4H3,(H,15,16). The van der Waals surface area contributed by atoms with E-state index in [0.29, 0.717) is 11.0 Å². The molecule has 0 saturated heterocycles. The average Bonchev–Trinajstić information content (AvgIpc) is 2.63. The van der Waals surface area contributed by atoms with Crippen LogP contribution >= 0.6 is 0 Å². The molecular formula is C10H14N4O2. The van der Waals surface area contributed by atoms with E-state index in [0.717, 1.165) is 5.69 Å². The number of aromatic carboxylic acids is 1. The van der Waals surface area contributed by atoms with Gasteiger partial charge in [0.25, 0.3) is 0 Å². The fourth-order valence-electron chi connectivity index (χ4n) is 1.88. The minimum atomic E-state index is -0.983. The molecule has 0 aliphatic carbocycles. The molecule has 0 bridgehead atoms. The smallest absolute Gasteiger partial charge is 0.356 e. The number of carbonyl (C=O) groups is 1. The highest BCUT2D eigenvalue weighted by molar-refractivity contribution is 6.00. The zero-order valence-electron chi connectivity index (χ0n) is 9.72. The van der Waals surface area contributed by atoms with Crippen molar-refractivity contribution in [2.24, 2.45) is 14.1 Å². The molecule has 0 aromatic carbocycles. The molecule has 0 spiro atoms. The van der Waals surface area contributed by atoms with Crippen LogP contribution in [-0.2, 0) is 14.1 Å². The molecule has 6 nitrogen and oxygen atoms in total. The maximum absolute atomic E-state index is 11.1. The number of hydrogen-bond acceptors (Lipinski definition) is 3. The first-order valence-electron chi connectivity index (χ1n) is 5.06. The number of rotatable bonds is 2. The maximum atomic E-state index is 11.1. The zero-order chi connectivity index (χ0) is 12.0. The Morgan fingerprint density at radius 3 is 2.38 bits per heavy atom. The second kappa shape index (κ2) is 3.33. The third kappa shape index (κ3) is 1.30. The van der Waals surface area contributed by atoms with Crippen molar-refractivity contribution in [3.8, 4) is 0 Å². The van der Waals surface area contributed by atoms with E-state index in [9.17, 15) is 4.79 Å². The van der Waals surface area contributed by atoms with Gasteiger partial charge in [-0.05, 0) is 5.92 Å². The van der Waals surface area contributed by atoms with E-state index >= 15 is 0 Å². The van der Waals surface area contributed by atoms with Crippen LogP contribution in [0, 0.1) is 0 Å². The Kier molecular flexibility index (Phi) is 2.22. The van der Waals surface area contributed by atoms with Gasteiger partial charge < -0.3 is 5.11 Å². The van der Waals surface area contributed by atoms with Crippen molar-refractivity contribution >= 4 is 17.0 Å². The molecule has 2 heterocycles. The molecule has 0 amide bonds. The van der Waals surface area contributed by atoms with Crippen LogP contribution in [0.1, 0.15) is 35.9 Å². The molecular weight excluding hydrogens is 208 g/mol. The number of carboxylic acids is 1. The van der Waals surface area contributed by atoms with Crippen LogP contribution in [0.5, 0.6) is 0 Å². The minimum absolute atomic E-state index is 0.178. The van der Waals surface area contributed by atoms with Gasteiger partial charge in [-0.15, -0.1) is 0 Å².